The Labute approximate surface area is 182 Å². The minimum absolute atomic E-state index is 0.0896. The number of carbonyl (C=O) groups excluding carboxylic acids is 3. The van der Waals surface area contributed by atoms with Gasteiger partial charge in [0.2, 0.25) is 0 Å². The Hall–Kier alpha value is -1.63. The molecule has 0 saturated heterocycles. The van der Waals surface area contributed by atoms with Gasteiger partial charge in [0, 0.05) is 25.9 Å². The molecule has 0 aliphatic carbocycles. The van der Waals surface area contributed by atoms with Gasteiger partial charge in [0.1, 0.15) is 13.2 Å². The maximum absolute atomic E-state index is 11.5. The molecular formula is C23H44O7. The second kappa shape index (κ2) is 23.6. The van der Waals surface area contributed by atoms with Crippen LogP contribution in [0.4, 0.5) is 0 Å². The van der Waals surface area contributed by atoms with Gasteiger partial charge in [0.05, 0.1) is 0 Å². The molecule has 0 atom stereocenters. The van der Waals surface area contributed by atoms with Crippen molar-refractivity contribution in [3.05, 3.63) is 0 Å². The number of carbonyl (C=O) groups is 3. The van der Waals surface area contributed by atoms with Crippen molar-refractivity contribution in [1.29, 1.82) is 0 Å². The molecule has 0 radical (unpaired) electrons. The van der Waals surface area contributed by atoms with Gasteiger partial charge in [0.25, 0.3) is 0 Å². The lowest BCUT2D eigenvalue weighted by Gasteiger charge is -2.18. The number of ether oxygens (including phenoxy) is 3. The van der Waals surface area contributed by atoms with Gasteiger partial charge >= 0.3 is 17.9 Å². The Bertz CT molecular complexity index is 396. The number of hydrogen-bond acceptors (Lipinski definition) is 7. The highest BCUT2D eigenvalue weighted by Gasteiger charge is 2.18. The van der Waals surface area contributed by atoms with E-state index in [9.17, 15) is 14.4 Å². The summed E-state index contributed by atoms with van der Waals surface area (Å²) >= 11 is 0. The average molecular weight is 433 g/mol. The first-order chi connectivity index (χ1) is 14.4. The van der Waals surface area contributed by atoms with Crippen molar-refractivity contribution in [2.45, 2.75) is 111 Å². The Morgan fingerprint density at radius 1 is 0.633 bits per heavy atom. The van der Waals surface area contributed by atoms with Crippen molar-refractivity contribution in [2.75, 3.05) is 19.8 Å². The molecule has 0 aromatic heterocycles. The predicted octanol–water partition coefficient (Wildman–Crippen LogP) is 4.72. The summed E-state index contributed by atoms with van der Waals surface area (Å²) in [6.07, 6.45) is 9.69. The molecule has 7 nitrogen and oxygen atoms in total. The maximum atomic E-state index is 11.5. The summed E-state index contributed by atoms with van der Waals surface area (Å²) in [7, 11) is 0. The van der Waals surface area contributed by atoms with Gasteiger partial charge in [-0.3, -0.25) is 14.4 Å². The quantitative estimate of drug-likeness (QED) is 0.202. The first-order valence-electron chi connectivity index (χ1n) is 11.6. The van der Waals surface area contributed by atoms with Gasteiger partial charge < -0.3 is 19.3 Å². The van der Waals surface area contributed by atoms with Gasteiger partial charge in [0.15, 0.2) is 6.10 Å². The lowest BCUT2D eigenvalue weighted by molar-refractivity contribution is -0.166. The molecule has 0 aromatic rings. The molecule has 0 heterocycles. The summed E-state index contributed by atoms with van der Waals surface area (Å²) in [5.41, 5.74) is 0. The Morgan fingerprint density at radius 2 is 1.07 bits per heavy atom. The molecule has 178 valence electrons. The van der Waals surface area contributed by atoms with Crippen LogP contribution in [0.1, 0.15) is 105 Å². The Morgan fingerprint density at radius 3 is 1.50 bits per heavy atom. The van der Waals surface area contributed by atoms with Crippen molar-refractivity contribution >= 4 is 17.9 Å². The third kappa shape index (κ3) is 22.7. The molecule has 30 heavy (non-hydrogen) atoms. The minimum Gasteiger partial charge on any atom is -0.462 e. The summed E-state index contributed by atoms with van der Waals surface area (Å²) in [6.45, 7) is 8.00. The largest absolute Gasteiger partial charge is 0.462 e. The lowest BCUT2D eigenvalue weighted by atomic mass is 10.1. The van der Waals surface area contributed by atoms with E-state index < -0.39 is 6.10 Å². The number of aliphatic hydroxyl groups is 1. The second-order valence-corrected chi connectivity index (χ2v) is 7.22. The highest BCUT2D eigenvalue weighted by atomic mass is 16.6. The summed E-state index contributed by atoms with van der Waals surface area (Å²) in [4.78, 5) is 34.1. The topological polar surface area (TPSA) is 99.1 Å². The van der Waals surface area contributed by atoms with Gasteiger partial charge in [-0.15, -0.1) is 0 Å². The zero-order chi connectivity index (χ0) is 23.0. The third-order valence-electron chi connectivity index (χ3n) is 4.03. The molecule has 7 heteroatoms. The van der Waals surface area contributed by atoms with Crippen LogP contribution < -0.4 is 0 Å². The fourth-order valence-corrected chi connectivity index (χ4v) is 2.38. The van der Waals surface area contributed by atoms with Crippen LogP contribution in [0.25, 0.3) is 0 Å². The minimum atomic E-state index is -0.745. The van der Waals surface area contributed by atoms with Crippen molar-refractivity contribution in [1.82, 2.24) is 0 Å². The number of unbranched alkanes of at least 4 members (excludes halogenated alkanes) is 5. The average Bonchev–Trinajstić information content (AvgIpc) is 2.71. The highest BCUT2D eigenvalue weighted by molar-refractivity contribution is 5.71. The van der Waals surface area contributed by atoms with Gasteiger partial charge in [-0.05, 0) is 25.7 Å². The second-order valence-electron chi connectivity index (χ2n) is 7.22. The molecule has 0 aromatic carbocycles. The maximum Gasteiger partial charge on any atom is 0.306 e. The summed E-state index contributed by atoms with van der Waals surface area (Å²) in [6, 6.07) is 0. The van der Waals surface area contributed by atoms with Crippen LogP contribution in [0, 0.1) is 0 Å². The monoisotopic (exact) mass is 432 g/mol. The Kier molecular flexibility index (Phi) is 24.1. The van der Waals surface area contributed by atoms with Crippen molar-refractivity contribution in [3.63, 3.8) is 0 Å². The van der Waals surface area contributed by atoms with E-state index in [-0.39, 0.29) is 37.5 Å². The Balaban J connectivity index is 0. The zero-order valence-electron chi connectivity index (χ0n) is 19.6. The van der Waals surface area contributed by atoms with E-state index in [2.05, 4.69) is 6.92 Å². The van der Waals surface area contributed by atoms with E-state index in [1.54, 1.807) is 0 Å². The molecule has 0 rings (SSSR count). The van der Waals surface area contributed by atoms with Crippen LogP contribution >= 0.6 is 0 Å². The van der Waals surface area contributed by atoms with E-state index >= 15 is 0 Å². The zero-order valence-corrected chi connectivity index (χ0v) is 19.6. The van der Waals surface area contributed by atoms with Crippen LogP contribution in [0.15, 0.2) is 0 Å². The van der Waals surface area contributed by atoms with Crippen LogP contribution in [0.3, 0.4) is 0 Å². The van der Waals surface area contributed by atoms with Crippen LogP contribution in [0.2, 0.25) is 0 Å². The molecule has 0 aliphatic heterocycles. The van der Waals surface area contributed by atoms with E-state index in [4.69, 9.17) is 19.3 Å². The van der Waals surface area contributed by atoms with Gasteiger partial charge in [-0.25, -0.2) is 0 Å². The number of rotatable bonds is 17. The highest BCUT2D eigenvalue weighted by Crippen LogP contribution is 2.04. The first kappa shape index (κ1) is 30.6. The summed E-state index contributed by atoms with van der Waals surface area (Å²) in [5, 5.41) is 8.42. The third-order valence-corrected chi connectivity index (χ3v) is 4.03. The smallest absolute Gasteiger partial charge is 0.306 e. The number of hydrogen-bond donors (Lipinski definition) is 1. The SMILES string of the molecule is CCCC(=O)OCC(COC(=O)CCC)OC(=O)CCC.CCCCCCCCO. The van der Waals surface area contributed by atoms with E-state index in [0.717, 1.165) is 6.42 Å². The van der Waals surface area contributed by atoms with Crippen LogP contribution in [0.5, 0.6) is 0 Å². The molecule has 0 spiro atoms. The van der Waals surface area contributed by atoms with Crippen LogP contribution in [-0.4, -0.2) is 48.9 Å². The first-order valence-corrected chi connectivity index (χ1v) is 11.6. The molecule has 0 fully saturated rings. The van der Waals surface area contributed by atoms with Crippen LogP contribution in [-0.2, 0) is 28.6 Å². The van der Waals surface area contributed by atoms with E-state index in [1.165, 1.54) is 32.1 Å². The number of esters is 3. The lowest BCUT2D eigenvalue weighted by Crippen LogP contribution is -2.30. The van der Waals surface area contributed by atoms with Crippen molar-refractivity contribution in [3.8, 4) is 0 Å². The summed E-state index contributed by atoms with van der Waals surface area (Å²) in [5.74, 6) is -1.09. The number of aliphatic hydroxyl groups excluding tert-OH is 1. The normalized spacial score (nSPS) is 10.2. The van der Waals surface area contributed by atoms with Gasteiger partial charge in [-0.2, -0.15) is 0 Å². The van der Waals surface area contributed by atoms with E-state index in [1.807, 2.05) is 20.8 Å². The fourth-order valence-electron chi connectivity index (χ4n) is 2.38. The molecule has 0 bridgehead atoms. The standard InChI is InChI=1S/C15H26O6.C8H18O/c1-4-7-13(16)19-10-12(21-15(18)9-6-3)11-20-14(17)8-5-2;1-2-3-4-5-6-7-8-9/h12H,4-11H2,1-3H3;9H,2-8H2,1H3. The summed E-state index contributed by atoms with van der Waals surface area (Å²) < 4.78 is 15.2. The molecule has 0 aliphatic rings. The van der Waals surface area contributed by atoms with Crippen molar-refractivity contribution in [2.24, 2.45) is 0 Å². The van der Waals surface area contributed by atoms with Gasteiger partial charge in [-0.1, -0.05) is 59.8 Å². The molecular weight excluding hydrogens is 388 g/mol. The molecule has 0 saturated carbocycles. The predicted molar refractivity (Wildman–Crippen MR) is 117 cm³/mol. The van der Waals surface area contributed by atoms with Crippen molar-refractivity contribution < 1.29 is 33.7 Å². The molecule has 1 N–H and O–H groups in total. The molecule has 0 amide bonds. The van der Waals surface area contributed by atoms with E-state index in [0.29, 0.717) is 38.7 Å². The fraction of sp³-hybridized carbons (Fsp3) is 0.870. The molecule has 0 unspecified atom stereocenters.